The van der Waals surface area contributed by atoms with Crippen molar-refractivity contribution in [2.24, 2.45) is 5.92 Å². The van der Waals surface area contributed by atoms with E-state index in [2.05, 4.69) is 30.0 Å². The highest BCUT2D eigenvalue weighted by molar-refractivity contribution is 5.39. The molecular weight excluding hydrogens is 226 g/mol. The molecule has 1 N–H and O–H groups in total. The fourth-order valence-electron chi connectivity index (χ4n) is 3.08. The Bertz CT molecular complexity index is 421. The number of likely N-dealkylation sites (tertiary alicyclic amines) is 1. The second kappa shape index (κ2) is 4.90. The molecule has 3 rings (SSSR count). The van der Waals surface area contributed by atoms with Gasteiger partial charge in [-0.1, -0.05) is 25.1 Å². The van der Waals surface area contributed by atoms with Crippen LogP contribution in [0.2, 0.25) is 0 Å². The lowest BCUT2D eigenvalue weighted by molar-refractivity contribution is 0.0320. The number of para-hydroxylation sites is 1. The number of hydrogen-bond donors (Lipinski definition) is 1. The van der Waals surface area contributed by atoms with Crippen molar-refractivity contribution in [1.29, 1.82) is 0 Å². The standard InChI is InChI=1S/C15H21NO2/c1-11-8-16(7-6-14(11)17)9-12-10-18-15-5-3-2-4-13(12)15/h2-5,11-12,14,17H,6-10H2,1H3. The molecule has 0 aliphatic carbocycles. The average Bonchev–Trinajstić information content (AvgIpc) is 2.78. The van der Waals surface area contributed by atoms with Crippen LogP contribution in [0.1, 0.15) is 24.8 Å². The van der Waals surface area contributed by atoms with Crippen molar-refractivity contribution < 1.29 is 9.84 Å². The van der Waals surface area contributed by atoms with Crippen molar-refractivity contribution in [2.45, 2.75) is 25.4 Å². The average molecular weight is 247 g/mol. The van der Waals surface area contributed by atoms with Gasteiger partial charge in [0.15, 0.2) is 0 Å². The Labute approximate surface area is 108 Å². The van der Waals surface area contributed by atoms with Crippen LogP contribution in [0, 0.1) is 5.92 Å². The predicted octanol–water partition coefficient (Wildman–Crippen LogP) is 1.87. The molecule has 0 spiro atoms. The molecule has 1 saturated heterocycles. The second-order valence-electron chi connectivity index (χ2n) is 5.64. The first-order chi connectivity index (χ1) is 8.74. The van der Waals surface area contributed by atoms with E-state index < -0.39 is 0 Å². The summed E-state index contributed by atoms with van der Waals surface area (Å²) >= 11 is 0. The van der Waals surface area contributed by atoms with Gasteiger partial charge >= 0.3 is 0 Å². The molecule has 1 fully saturated rings. The van der Waals surface area contributed by atoms with Crippen molar-refractivity contribution in [3.63, 3.8) is 0 Å². The Hall–Kier alpha value is -1.06. The van der Waals surface area contributed by atoms with E-state index >= 15 is 0 Å². The predicted molar refractivity (Wildman–Crippen MR) is 70.9 cm³/mol. The fourth-order valence-corrected chi connectivity index (χ4v) is 3.08. The van der Waals surface area contributed by atoms with Gasteiger partial charge in [-0.05, 0) is 18.4 Å². The van der Waals surface area contributed by atoms with Gasteiger partial charge in [-0.25, -0.2) is 0 Å². The smallest absolute Gasteiger partial charge is 0.122 e. The maximum atomic E-state index is 9.76. The molecule has 2 heterocycles. The Kier molecular flexibility index (Phi) is 3.27. The fraction of sp³-hybridized carbons (Fsp3) is 0.600. The van der Waals surface area contributed by atoms with E-state index in [9.17, 15) is 5.11 Å². The van der Waals surface area contributed by atoms with E-state index in [1.54, 1.807) is 0 Å². The SMILES string of the molecule is CC1CN(CC2COc3ccccc32)CCC1O. The molecule has 3 nitrogen and oxygen atoms in total. The Balaban J connectivity index is 1.65. The van der Waals surface area contributed by atoms with E-state index in [0.717, 1.165) is 38.4 Å². The molecule has 3 atom stereocenters. The first-order valence-corrected chi connectivity index (χ1v) is 6.86. The van der Waals surface area contributed by atoms with Crippen molar-refractivity contribution in [3.05, 3.63) is 29.8 Å². The largest absolute Gasteiger partial charge is 0.493 e. The van der Waals surface area contributed by atoms with Crippen LogP contribution in [0.15, 0.2) is 24.3 Å². The highest BCUT2D eigenvalue weighted by Gasteiger charge is 2.29. The van der Waals surface area contributed by atoms with Gasteiger partial charge in [-0.2, -0.15) is 0 Å². The maximum absolute atomic E-state index is 9.76. The highest BCUT2D eigenvalue weighted by Crippen LogP contribution is 2.34. The molecule has 0 bridgehead atoms. The number of aliphatic hydroxyl groups is 1. The Morgan fingerprint density at radius 3 is 3.06 bits per heavy atom. The molecule has 0 radical (unpaired) electrons. The molecule has 3 unspecified atom stereocenters. The molecule has 0 amide bonds. The third-order valence-electron chi connectivity index (χ3n) is 4.22. The van der Waals surface area contributed by atoms with Crippen molar-refractivity contribution >= 4 is 0 Å². The summed E-state index contributed by atoms with van der Waals surface area (Å²) in [7, 11) is 0. The van der Waals surface area contributed by atoms with E-state index in [1.165, 1.54) is 5.56 Å². The van der Waals surface area contributed by atoms with Crippen molar-refractivity contribution in [2.75, 3.05) is 26.2 Å². The number of nitrogens with zero attached hydrogens (tertiary/aromatic N) is 1. The van der Waals surface area contributed by atoms with Crippen LogP contribution in [0.25, 0.3) is 0 Å². The number of hydrogen-bond acceptors (Lipinski definition) is 3. The van der Waals surface area contributed by atoms with Crippen LogP contribution in [0.5, 0.6) is 5.75 Å². The number of piperidine rings is 1. The molecule has 1 aromatic carbocycles. The summed E-state index contributed by atoms with van der Waals surface area (Å²) < 4.78 is 5.72. The monoisotopic (exact) mass is 247 g/mol. The minimum absolute atomic E-state index is 0.117. The van der Waals surface area contributed by atoms with Gasteiger partial charge < -0.3 is 14.7 Å². The Morgan fingerprint density at radius 2 is 2.22 bits per heavy atom. The number of benzene rings is 1. The van der Waals surface area contributed by atoms with Gasteiger partial charge in [0.05, 0.1) is 12.7 Å². The minimum Gasteiger partial charge on any atom is -0.493 e. The number of rotatable bonds is 2. The van der Waals surface area contributed by atoms with Crippen LogP contribution in [-0.4, -0.2) is 42.4 Å². The summed E-state index contributed by atoms with van der Waals surface area (Å²) in [5, 5.41) is 9.76. The molecule has 1 aromatic rings. The molecule has 2 aliphatic heterocycles. The van der Waals surface area contributed by atoms with Crippen LogP contribution >= 0.6 is 0 Å². The number of aliphatic hydroxyl groups excluding tert-OH is 1. The highest BCUT2D eigenvalue weighted by atomic mass is 16.5. The maximum Gasteiger partial charge on any atom is 0.122 e. The third-order valence-corrected chi connectivity index (χ3v) is 4.22. The lowest BCUT2D eigenvalue weighted by Gasteiger charge is -2.35. The van der Waals surface area contributed by atoms with Gasteiger partial charge in [0.1, 0.15) is 5.75 Å². The van der Waals surface area contributed by atoms with Crippen molar-refractivity contribution in [1.82, 2.24) is 4.90 Å². The second-order valence-corrected chi connectivity index (χ2v) is 5.64. The van der Waals surface area contributed by atoms with Crippen LogP contribution in [0.3, 0.4) is 0 Å². The van der Waals surface area contributed by atoms with Gasteiger partial charge in [0.25, 0.3) is 0 Å². The topological polar surface area (TPSA) is 32.7 Å². The van der Waals surface area contributed by atoms with E-state index in [-0.39, 0.29) is 6.10 Å². The van der Waals surface area contributed by atoms with Gasteiger partial charge in [-0.15, -0.1) is 0 Å². The quantitative estimate of drug-likeness (QED) is 0.866. The summed E-state index contributed by atoms with van der Waals surface area (Å²) in [5.41, 5.74) is 1.34. The van der Waals surface area contributed by atoms with Gasteiger partial charge in [0, 0.05) is 31.1 Å². The van der Waals surface area contributed by atoms with Crippen molar-refractivity contribution in [3.8, 4) is 5.75 Å². The lowest BCUT2D eigenvalue weighted by atomic mass is 9.94. The van der Waals surface area contributed by atoms with E-state index in [4.69, 9.17) is 4.74 Å². The van der Waals surface area contributed by atoms with Gasteiger partial charge in [-0.3, -0.25) is 0 Å². The first kappa shape index (κ1) is 12.0. The molecule has 18 heavy (non-hydrogen) atoms. The number of fused-ring (bicyclic) bond motifs is 1. The summed E-state index contributed by atoms with van der Waals surface area (Å²) in [6.45, 7) is 5.99. The summed E-state index contributed by atoms with van der Waals surface area (Å²) in [6, 6.07) is 8.34. The van der Waals surface area contributed by atoms with Gasteiger partial charge in [0.2, 0.25) is 0 Å². The zero-order chi connectivity index (χ0) is 12.5. The van der Waals surface area contributed by atoms with Crippen LogP contribution in [-0.2, 0) is 0 Å². The molecule has 0 saturated carbocycles. The summed E-state index contributed by atoms with van der Waals surface area (Å²) in [5.74, 6) is 1.92. The summed E-state index contributed by atoms with van der Waals surface area (Å²) in [6.07, 6.45) is 0.782. The zero-order valence-corrected chi connectivity index (χ0v) is 10.9. The van der Waals surface area contributed by atoms with E-state index in [0.29, 0.717) is 11.8 Å². The molecular formula is C15H21NO2. The molecule has 98 valence electrons. The Morgan fingerprint density at radius 1 is 1.39 bits per heavy atom. The third kappa shape index (κ3) is 2.25. The minimum atomic E-state index is -0.117. The molecule has 0 aromatic heterocycles. The first-order valence-electron chi connectivity index (χ1n) is 6.86. The van der Waals surface area contributed by atoms with E-state index in [1.807, 2.05) is 6.07 Å². The van der Waals surface area contributed by atoms with Crippen LogP contribution in [0.4, 0.5) is 0 Å². The zero-order valence-electron chi connectivity index (χ0n) is 10.9. The number of ether oxygens (including phenoxy) is 1. The summed E-state index contributed by atoms with van der Waals surface area (Å²) in [4.78, 5) is 2.47. The van der Waals surface area contributed by atoms with Crippen LogP contribution < -0.4 is 4.74 Å². The lowest BCUT2D eigenvalue weighted by Crippen LogP contribution is -2.43. The molecule has 2 aliphatic rings. The molecule has 3 heteroatoms. The normalized spacial score (nSPS) is 32.0.